The molecule has 25 heavy (non-hydrogen) atoms. The van der Waals surface area contributed by atoms with Crippen molar-refractivity contribution < 1.29 is 5.11 Å². The molecule has 0 spiro atoms. The zero-order valence-electron chi connectivity index (χ0n) is 13.7. The van der Waals surface area contributed by atoms with Crippen molar-refractivity contribution in [1.82, 2.24) is 4.98 Å². The maximum absolute atomic E-state index is 11.4. The maximum Gasteiger partial charge on any atom is 0.183 e. The van der Waals surface area contributed by atoms with Crippen LogP contribution in [0, 0.1) is 0 Å². The lowest BCUT2D eigenvalue weighted by Gasteiger charge is -2.30. The number of rotatable bonds is 6. The maximum atomic E-state index is 11.4. The molecule has 1 heterocycles. The molecule has 3 aromatic rings. The van der Waals surface area contributed by atoms with E-state index in [4.69, 9.17) is 23.2 Å². The number of hydrogen-bond acceptors (Lipinski definition) is 4. The fraction of sp³-hybridized carbons (Fsp3) is 0.211. The zero-order chi connectivity index (χ0) is 17.9. The molecule has 3 rings (SSSR count). The molecule has 130 valence electrons. The zero-order valence-corrected chi connectivity index (χ0v) is 16.0. The van der Waals surface area contributed by atoms with E-state index in [0.29, 0.717) is 22.5 Å². The molecule has 0 saturated heterocycles. The smallest absolute Gasteiger partial charge is 0.183 e. The van der Waals surface area contributed by atoms with Gasteiger partial charge < -0.3 is 10.4 Å². The van der Waals surface area contributed by atoms with Gasteiger partial charge in [0.15, 0.2) is 4.47 Å². The third-order valence-electron chi connectivity index (χ3n) is 4.17. The van der Waals surface area contributed by atoms with Crippen LogP contribution in [0.4, 0.5) is 5.69 Å². The van der Waals surface area contributed by atoms with Gasteiger partial charge in [-0.05, 0) is 30.2 Å². The predicted molar refractivity (Wildman–Crippen MR) is 106 cm³/mol. The first-order valence-electron chi connectivity index (χ1n) is 7.95. The summed E-state index contributed by atoms with van der Waals surface area (Å²) in [5, 5.41) is 15.4. The highest BCUT2D eigenvalue weighted by atomic mass is 35.5. The largest absolute Gasteiger partial charge is 0.380 e. The second-order valence-electron chi connectivity index (χ2n) is 5.70. The summed E-state index contributed by atoms with van der Waals surface area (Å²) in [7, 11) is 0. The Bertz CT molecular complexity index is 854. The summed E-state index contributed by atoms with van der Waals surface area (Å²) < 4.78 is 0.516. The van der Waals surface area contributed by atoms with Crippen LogP contribution in [0.15, 0.2) is 54.7 Å². The van der Waals surface area contributed by atoms with Gasteiger partial charge in [-0.25, -0.2) is 4.98 Å². The van der Waals surface area contributed by atoms with Crippen molar-refractivity contribution in [2.45, 2.75) is 25.5 Å². The van der Waals surface area contributed by atoms with E-state index in [9.17, 15) is 5.11 Å². The first-order valence-corrected chi connectivity index (χ1v) is 9.52. The van der Waals surface area contributed by atoms with Crippen LogP contribution >= 0.6 is 34.5 Å². The average Bonchev–Trinajstić information content (AvgIpc) is 3.06. The van der Waals surface area contributed by atoms with Crippen molar-refractivity contribution in [1.29, 1.82) is 0 Å². The number of nitrogens with one attached hydrogen (secondary N) is 1. The van der Waals surface area contributed by atoms with Crippen molar-refractivity contribution in [3.8, 4) is 0 Å². The van der Waals surface area contributed by atoms with Crippen molar-refractivity contribution in [2.24, 2.45) is 0 Å². The SMILES string of the molecule is CCC(O)(c1ccccc1)c1cc(Cl)ccc1NCc1cnc(Cl)s1. The molecular weight excluding hydrogens is 375 g/mol. The lowest BCUT2D eigenvalue weighted by molar-refractivity contribution is 0.0772. The molecule has 0 aliphatic carbocycles. The molecule has 0 bridgehead atoms. The fourth-order valence-electron chi connectivity index (χ4n) is 2.82. The van der Waals surface area contributed by atoms with Crippen LogP contribution in [0.2, 0.25) is 9.49 Å². The quantitative estimate of drug-likeness (QED) is 0.564. The Morgan fingerprint density at radius 1 is 1.16 bits per heavy atom. The molecule has 0 aliphatic rings. The summed E-state index contributed by atoms with van der Waals surface area (Å²) in [6.07, 6.45) is 2.28. The lowest BCUT2D eigenvalue weighted by atomic mass is 9.83. The van der Waals surface area contributed by atoms with Crippen LogP contribution in [-0.4, -0.2) is 10.1 Å². The molecule has 1 aromatic heterocycles. The number of anilines is 1. The van der Waals surface area contributed by atoms with Crippen molar-refractivity contribution in [2.75, 3.05) is 5.32 Å². The van der Waals surface area contributed by atoms with Crippen LogP contribution in [0.5, 0.6) is 0 Å². The van der Waals surface area contributed by atoms with Gasteiger partial charge in [-0.1, -0.05) is 60.5 Å². The minimum atomic E-state index is -1.13. The molecule has 3 nitrogen and oxygen atoms in total. The van der Waals surface area contributed by atoms with E-state index in [-0.39, 0.29) is 0 Å². The lowest BCUT2D eigenvalue weighted by Crippen LogP contribution is -2.27. The van der Waals surface area contributed by atoms with Crippen LogP contribution in [0.25, 0.3) is 0 Å². The average molecular weight is 393 g/mol. The van der Waals surface area contributed by atoms with Crippen molar-refractivity contribution >= 4 is 40.2 Å². The van der Waals surface area contributed by atoms with Gasteiger partial charge in [-0.3, -0.25) is 0 Å². The molecule has 6 heteroatoms. The second-order valence-corrected chi connectivity index (χ2v) is 7.84. The van der Waals surface area contributed by atoms with E-state index < -0.39 is 5.60 Å². The van der Waals surface area contributed by atoms with E-state index in [1.165, 1.54) is 11.3 Å². The van der Waals surface area contributed by atoms with E-state index >= 15 is 0 Å². The molecule has 1 atom stereocenters. The standard InChI is InChI=1S/C19H18Cl2N2OS/c1-2-19(24,13-6-4-3-5-7-13)16-10-14(20)8-9-17(16)22-11-15-12-23-18(21)25-15/h3-10,12,22,24H,2,11H2,1H3. The first-order chi connectivity index (χ1) is 12.0. The van der Waals surface area contributed by atoms with Gasteiger partial charge in [-0.15, -0.1) is 11.3 Å². The van der Waals surface area contributed by atoms with E-state index in [2.05, 4.69) is 10.3 Å². The van der Waals surface area contributed by atoms with Gasteiger partial charge >= 0.3 is 0 Å². The van der Waals surface area contributed by atoms with Crippen molar-refractivity contribution in [3.05, 3.63) is 80.2 Å². The molecule has 0 fully saturated rings. The van der Waals surface area contributed by atoms with Gasteiger partial charge in [-0.2, -0.15) is 0 Å². The molecule has 1 unspecified atom stereocenters. The monoisotopic (exact) mass is 392 g/mol. The van der Waals surface area contributed by atoms with Crippen LogP contribution in [0.3, 0.4) is 0 Å². The number of halogens is 2. The van der Waals surface area contributed by atoms with Gasteiger partial charge in [0.25, 0.3) is 0 Å². The number of hydrogen-bond donors (Lipinski definition) is 2. The van der Waals surface area contributed by atoms with Crippen LogP contribution < -0.4 is 5.32 Å². The van der Waals surface area contributed by atoms with Gasteiger partial charge in [0, 0.05) is 27.3 Å². The summed E-state index contributed by atoms with van der Waals surface area (Å²) >= 11 is 13.5. The van der Waals surface area contributed by atoms with E-state index in [1.54, 1.807) is 6.20 Å². The fourth-order valence-corrected chi connectivity index (χ4v) is 3.91. The highest BCUT2D eigenvalue weighted by Crippen LogP contribution is 2.38. The van der Waals surface area contributed by atoms with Gasteiger partial charge in [0.05, 0.1) is 6.54 Å². The third kappa shape index (κ3) is 3.98. The molecule has 0 aliphatic heterocycles. The van der Waals surface area contributed by atoms with E-state index in [0.717, 1.165) is 21.7 Å². The van der Waals surface area contributed by atoms with Gasteiger partial charge in [0.1, 0.15) is 5.60 Å². The molecule has 2 aromatic carbocycles. The second kappa shape index (κ2) is 7.75. The molecule has 0 amide bonds. The number of nitrogens with zero attached hydrogens (tertiary/aromatic N) is 1. The molecule has 2 N–H and O–H groups in total. The number of aliphatic hydroxyl groups is 1. The summed E-state index contributed by atoms with van der Waals surface area (Å²) in [5.41, 5.74) is 1.30. The summed E-state index contributed by atoms with van der Waals surface area (Å²) in [6.45, 7) is 2.54. The molecule has 0 radical (unpaired) electrons. The third-order valence-corrected chi connectivity index (χ3v) is 5.52. The Balaban J connectivity index is 1.97. The van der Waals surface area contributed by atoms with Crippen LogP contribution in [-0.2, 0) is 12.1 Å². The van der Waals surface area contributed by atoms with Gasteiger partial charge in [0.2, 0.25) is 0 Å². The Labute approximate surface area is 161 Å². The van der Waals surface area contributed by atoms with Crippen molar-refractivity contribution in [3.63, 3.8) is 0 Å². The highest BCUT2D eigenvalue weighted by molar-refractivity contribution is 7.15. The topological polar surface area (TPSA) is 45.1 Å². The number of thiazole rings is 1. The number of benzene rings is 2. The first kappa shape index (κ1) is 18.2. The normalized spacial score (nSPS) is 13.4. The highest BCUT2D eigenvalue weighted by Gasteiger charge is 2.32. The predicted octanol–water partition coefficient (Wildman–Crippen LogP) is 5.71. The molecule has 0 saturated carbocycles. The summed E-state index contributed by atoms with van der Waals surface area (Å²) in [4.78, 5) is 5.07. The summed E-state index contributed by atoms with van der Waals surface area (Å²) in [5.74, 6) is 0. The Kier molecular flexibility index (Phi) is 5.64. The molecular formula is C19H18Cl2N2OS. The van der Waals surface area contributed by atoms with E-state index in [1.807, 2.05) is 55.5 Å². The summed E-state index contributed by atoms with van der Waals surface area (Å²) in [6, 6.07) is 15.2. The minimum Gasteiger partial charge on any atom is -0.380 e. The minimum absolute atomic E-state index is 0.516. The number of aromatic nitrogens is 1. The Hall–Kier alpha value is -1.59. The Morgan fingerprint density at radius 2 is 1.92 bits per heavy atom. The Morgan fingerprint density at radius 3 is 2.56 bits per heavy atom. The van der Waals surface area contributed by atoms with Crippen LogP contribution in [0.1, 0.15) is 29.3 Å².